The summed E-state index contributed by atoms with van der Waals surface area (Å²) < 4.78 is 10.7. The zero-order valence-electron chi connectivity index (χ0n) is 15.2. The van der Waals surface area contributed by atoms with Crippen LogP contribution in [-0.2, 0) is 11.3 Å². The van der Waals surface area contributed by atoms with E-state index in [-0.39, 0.29) is 11.3 Å². The van der Waals surface area contributed by atoms with Gasteiger partial charge in [-0.3, -0.25) is 4.79 Å². The van der Waals surface area contributed by atoms with E-state index in [1.807, 2.05) is 23.1 Å². The first kappa shape index (κ1) is 17.5. The summed E-state index contributed by atoms with van der Waals surface area (Å²) in [6.07, 6.45) is 7.60. The zero-order chi connectivity index (χ0) is 17.9. The van der Waals surface area contributed by atoms with Crippen LogP contribution in [0.3, 0.4) is 0 Å². The Balaban J connectivity index is 1.64. The topological polar surface area (TPSA) is 59.5 Å². The van der Waals surface area contributed by atoms with Gasteiger partial charge in [-0.05, 0) is 50.7 Å². The lowest BCUT2D eigenvalue weighted by molar-refractivity contribution is -0.138. The highest BCUT2D eigenvalue weighted by molar-refractivity contribution is 5.77. The second-order valence-corrected chi connectivity index (χ2v) is 7.54. The van der Waals surface area contributed by atoms with E-state index in [0.717, 1.165) is 31.5 Å². The third-order valence-electron chi connectivity index (χ3n) is 4.84. The Hall–Kier alpha value is -2.30. The molecule has 0 spiro atoms. The van der Waals surface area contributed by atoms with Crippen molar-refractivity contribution in [2.24, 2.45) is 5.41 Å². The number of carbonyl (C=O) groups excluding carboxylic acids is 1. The highest BCUT2D eigenvalue weighted by Crippen LogP contribution is 2.35. The lowest BCUT2D eigenvalue weighted by atomic mass is 9.77. The zero-order valence-corrected chi connectivity index (χ0v) is 15.2. The Morgan fingerprint density at radius 2 is 2.24 bits per heavy atom. The van der Waals surface area contributed by atoms with Gasteiger partial charge in [-0.1, -0.05) is 23.7 Å². The van der Waals surface area contributed by atoms with Gasteiger partial charge in [-0.15, -0.1) is 0 Å². The van der Waals surface area contributed by atoms with Gasteiger partial charge < -0.3 is 13.8 Å². The van der Waals surface area contributed by atoms with Crippen molar-refractivity contribution < 1.29 is 13.7 Å². The maximum Gasteiger partial charge on any atom is 0.222 e. The maximum absolute atomic E-state index is 12.3. The molecule has 1 atom stereocenters. The Labute approximate surface area is 148 Å². The van der Waals surface area contributed by atoms with Crippen LogP contribution >= 0.6 is 0 Å². The summed E-state index contributed by atoms with van der Waals surface area (Å²) >= 11 is 0. The second-order valence-electron chi connectivity index (χ2n) is 7.54. The quantitative estimate of drug-likeness (QED) is 0.707. The molecule has 0 aromatic carbocycles. The van der Waals surface area contributed by atoms with Gasteiger partial charge in [0.2, 0.25) is 11.7 Å². The van der Waals surface area contributed by atoms with Crippen LogP contribution in [0.2, 0.25) is 0 Å². The van der Waals surface area contributed by atoms with E-state index in [1.54, 1.807) is 6.26 Å². The highest BCUT2D eigenvalue weighted by Gasteiger charge is 2.34. The van der Waals surface area contributed by atoms with Crippen molar-refractivity contribution in [1.82, 2.24) is 10.1 Å². The van der Waals surface area contributed by atoms with Crippen molar-refractivity contribution in [1.29, 1.82) is 0 Å². The first-order valence-corrected chi connectivity index (χ1v) is 8.86. The fraction of sp³-hybridized carbons (Fsp3) is 0.500. The molecule has 1 aliphatic rings. The lowest BCUT2D eigenvalue weighted by Crippen LogP contribution is -2.44. The van der Waals surface area contributed by atoms with E-state index < -0.39 is 0 Å². The van der Waals surface area contributed by atoms with Gasteiger partial charge in [0.15, 0.2) is 5.76 Å². The molecule has 3 rings (SSSR count). The van der Waals surface area contributed by atoms with E-state index in [9.17, 15) is 4.79 Å². The first-order chi connectivity index (χ1) is 12.0. The van der Waals surface area contributed by atoms with Crippen molar-refractivity contribution in [2.45, 2.75) is 53.0 Å². The molecule has 1 unspecified atom stereocenters. The van der Waals surface area contributed by atoms with Crippen LogP contribution in [-0.4, -0.2) is 22.5 Å². The average Bonchev–Trinajstić information content (AvgIpc) is 3.22. The van der Waals surface area contributed by atoms with Crippen LogP contribution in [0.1, 0.15) is 52.1 Å². The summed E-state index contributed by atoms with van der Waals surface area (Å²) in [5, 5.41) is 4.10. The summed E-state index contributed by atoms with van der Waals surface area (Å²) in [6, 6.07) is 5.49. The van der Waals surface area contributed by atoms with Crippen LogP contribution in [0.4, 0.5) is 0 Å². The van der Waals surface area contributed by atoms with Crippen LogP contribution in [0, 0.1) is 5.41 Å². The van der Waals surface area contributed by atoms with Gasteiger partial charge in [0.05, 0.1) is 12.8 Å². The highest BCUT2D eigenvalue weighted by atomic mass is 16.5. The largest absolute Gasteiger partial charge is 0.461 e. The standard InChI is InChI=1S/C20H26N2O3/c1-15(2)6-4-9-20(3)10-8-19(23)22(14-20)13-16-12-18(25-21-16)17-7-5-11-24-17/h5-7,11-12H,4,8-10,13-14H2,1-3H3. The SMILES string of the molecule is CC(C)=CCCC1(C)CCC(=O)N(Cc2cc(-c3ccco3)on2)C1. The average molecular weight is 342 g/mol. The summed E-state index contributed by atoms with van der Waals surface area (Å²) in [4.78, 5) is 14.3. The molecule has 1 amide bonds. The molecule has 0 saturated carbocycles. The van der Waals surface area contributed by atoms with Crippen LogP contribution in [0.5, 0.6) is 0 Å². The molecule has 0 radical (unpaired) electrons. The minimum atomic E-state index is 0.160. The number of rotatable bonds is 6. The van der Waals surface area contributed by atoms with Crippen molar-refractivity contribution in [2.75, 3.05) is 6.54 Å². The molecule has 5 nitrogen and oxygen atoms in total. The fourth-order valence-electron chi connectivity index (χ4n) is 3.37. The molecule has 0 bridgehead atoms. The Bertz CT molecular complexity index is 741. The van der Waals surface area contributed by atoms with E-state index in [1.165, 1.54) is 5.57 Å². The van der Waals surface area contributed by atoms with Gasteiger partial charge >= 0.3 is 0 Å². The number of hydrogen-bond acceptors (Lipinski definition) is 4. The molecule has 1 saturated heterocycles. The summed E-state index contributed by atoms with van der Waals surface area (Å²) in [5.41, 5.74) is 2.27. The fourth-order valence-corrected chi connectivity index (χ4v) is 3.37. The third kappa shape index (κ3) is 4.41. The molecular weight excluding hydrogens is 316 g/mol. The molecule has 2 aromatic heterocycles. The van der Waals surface area contributed by atoms with Crippen LogP contribution in [0.25, 0.3) is 11.5 Å². The number of furan rings is 1. The number of piperidine rings is 1. The molecule has 1 fully saturated rings. The van der Waals surface area contributed by atoms with Crippen molar-refractivity contribution in [3.8, 4) is 11.5 Å². The van der Waals surface area contributed by atoms with Gasteiger partial charge in [-0.2, -0.15) is 0 Å². The molecule has 1 aliphatic heterocycles. The smallest absolute Gasteiger partial charge is 0.222 e. The number of carbonyl (C=O) groups is 1. The molecule has 5 heteroatoms. The van der Waals surface area contributed by atoms with Gasteiger partial charge in [0, 0.05) is 19.0 Å². The van der Waals surface area contributed by atoms with Gasteiger partial charge in [0.25, 0.3) is 0 Å². The number of nitrogens with zero attached hydrogens (tertiary/aromatic N) is 2. The van der Waals surface area contributed by atoms with E-state index in [4.69, 9.17) is 8.94 Å². The summed E-state index contributed by atoms with van der Waals surface area (Å²) in [5.74, 6) is 1.44. The molecule has 3 heterocycles. The minimum absolute atomic E-state index is 0.160. The Kier molecular flexibility index (Phi) is 5.11. The van der Waals surface area contributed by atoms with E-state index >= 15 is 0 Å². The molecule has 25 heavy (non-hydrogen) atoms. The van der Waals surface area contributed by atoms with Crippen molar-refractivity contribution >= 4 is 5.91 Å². The van der Waals surface area contributed by atoms with Gasteiger partial charge in [-0.25, -0.2) is 0 Å². The molecule has 0 N–H and O–H groups in total. The maximum atomic E-state index is 12.3. The van der Waals surface area contributed by atoms with E-state index in [0.29, 0.717) is 24.5 Å². The minimum Gasteiger partial charge on any atom is -0.461 e. The monoisotopic (exact) mass is 342 g/mol. The molecule has 2 aromatic rings. The predicted octanol–water partition coefficient (Wildman–Crippen LogP) is 4.81. The number of hydrogen-bond donors (Lipinski definition) is 0. The number of aromatic nitrogens is 1. The van der Waals surface area contributed by atoms with E-state index in [2.05, 4.69) is 32.0 Å². The van der Waals surface area contributed by atoms with Gasteiger partial charge in [0.1, 0.15) is 5.69 Å². The lowest BCUT2D eigenvalue weighted by Gasteiger charge is -2.40. The Morgan fingerprint density at radius 1 is 1.40 bits per heavy atom. The van der Waals surface area contributed by atoms with Crippen LogP contribution < -0.4 is 0 Å². The number of likely N-dealkylation sites (tertiary alicyclic amines) is 1. The molecule has 0 aliphatic carbocycles. The summed E-state index contributed by atoms with van der Waals surface area (Å²) in [7, 11) is 0. The predicted molar refractivity (Wildman–Crippen MR) is 95.6 cm³/mol. The summed E-state index contributed by atoms with van der Waals surface area (Å²) in [6.45, 7) is 7.79. The Morgan fingerprint density at radius 3 is 2.96 bits per heavy atom. The normalized spacial score (nSPS) is 20.8. The number of allylic oxidation sites excluding steroid dienone is 2. The second kappa shape index (κ2) is 7.30. The molecular formula is C20H26N2O3. The van der Waals surface area contributed by atoms with Crippen molar-refractivity contribution in [3.63, 3.8) is 0 Å². The number of amides is 1. The molecule has 134 valence electrons. The third-order valence-corrected chi connectivity index (χ3v) is 4.84. The van der Waals surface area contributed by atoms with Crippen LogP contribution in [0.15, 0.2) is 45.1 Å². The first-order valence-electron chi connectivity index (χ1n) is 8.86. The van der Waals surface area contributed by atoms with Crippen molar-refractivity contribution in [3.05, 3.63) is 41.8 Å².